The van der Waals surface area contributed by atoms with Crippen molar-refractivity contribution in [2.45, 2.75) is 22.1 Å². The Morgan fingerprint density at radius 3 is 2.59 bits per heavy atom. The zero-order chi connectivity index (χ0) is 24.1. The minimum atomic E-state index is -3.80. The number of amidine groups is 1. The summed E-state index contributed by atoms with van der Waals surface area (Å²) in [5.41, 5.74) is 0.846. The van der Waals surface area contributed by atoms with Crippen molar-refractivity contribution in [1.29, 1.82) is 0 Å². The first-order valence-corrected chi connectivity index (χ1v) is 14.1. The van der Waals surface area contributed by atoms with Crippen molar-refractivity contribution in [3.05, 3.63) is 83.3 Å². The van der Waals surface area contributed by atoms with Crippen molar-refractivity contribution in [2.24, 2.45) is 4.99 Å². The van der Waals surface area contributed by atoms with Crippen LogP contribution < -0.4 is 4.72 Å². The van der Waals surface area contributed by atoms with E-state index in [4.69, 9.17) is 4.42 Å². The third-order valence-corrected chi connectivity index (χ3v) is 8.48. The molecule has 0 spiro atoms. The van der Waals surface area contributed by atoms with E-state index in [1.165, 1.54) is 17.8 Å². The van der Waals surface area contributed by atoms with Gasteiger partial charge >= 0.3 is 0 Å². The molecule has 0 atom stereocenters. The van der Waals surface area contributed by atoms with Crippen molar-refractivity contribution in [1.82, 2.24) is 9.62 Å². The highest BCUT2D eigenvalue weighted by Gasteiger charge is 2.28. The molecule has 0 saturated heterocycles. The van der Waals surface area contributed by atoms with Gasteiger partial charge in [0.15, 0.2) is 11.0 Å². The summed E-state index contributed by atoms with van der Waals surface area (Å²) >= 11 is 2.93. The van der Waals surface area contributed by atoms with E-state index in [1.54, 1.807) is 48.2 Å². The lowest BCUT2D eigenvalue weighted by Crippen LogP contribution is -2.33. The number of thioether (sulfide) groups is 2. The van der Waals surface area contributed by atoms with Crippen LogP contribution >= 0.6 is 23.5 Å². The lowest BCUT2D eigenvalue weighted by molar-refractivity contribution is 0.103. The number of fused-ring (bicyclic) bond motifs is 1. The van der Waals surface area contributed by atoms with Gasteiger partial charge in [-0.15, -0.1) is 0 Å². The van der Waals surface area contributed by atoms with Gasteiger partial charge in [-0.05, 0) is 44.4 Å². The van der Waals surface area contributed by atoms with Crippen LogP contribution in [0.15, 0.2) is 79.9 Å². The number of hydrogen-bond acceptors (Lipinski definition) is 8. The molecule has 0 aliphatic carbocycles. The lowest BCUT2D eigenvalue weighted by atomic mass is 10.0. The van der Waals surface area contributed by atoms with Crippen LogP contribution in [0.4, 0.5) is 0 Å². The van der Waals surface area contributed by atoms with Crippen molar-refractivity contribution in [2.75, 3.05) is 26.4 Å². The fourth-order valence-electron chi connectivity index (χ4n) is 3.34. The second-order valence-corrected chi connectivity index (χ2v) is 11.7. The van der Waals surface area contributed by atoms with Crippen LogP contribution in [0.1, 0.15) is 27.4 Å². The maximum Gasteiger partial charge on any atom is 0.264 e. The minimum absolute atomic E-state index is 0.0963. The van der Waals surface area contributed by atoms with E-state index in [0.29, 0.717) is 27.7 Å². The van der Waals surface area contributed by atoms with Crippen LogP contribution in [-0.4, -0.2) is 50.7 Å². The smallest absolute Gasteiger partial charge is 0.264 e. The Bertz CT molecular complexity index is 1300. The van der Waals surface area contributed by atoms with E-state index in [9.17, 15) is 13.2 Å². The quantitative estimate of drug-likeness (QED) is 0.337. The molecule has 0 saturated carbocycles. The Labute approximate surface area is 208 Å². The summed E-state index contributed by atoms with van der Waals surface area (Å²) in [4.78, 5) is 19.8. The standard InChI is InChI=1S/C24H25N3O4S3/c1-27(2)15-19-9-10-20(31-19)16-32-13-12-25-24-26-34(29,30)22-14-18(8-11-21(22)33-24)23(28)17-6-4-3-5-7-17/h3-11,14H,12-13,15-16H2,1-2H3,(H,25,26). The summed E-state index contributed by atoms with van der Waals surface area (Å²) in [5, 5.41) is 0.335. The summed E-state index contributed by atoms with van der Waals surface area (Å²) < 4.78 is 33.9. The summed E-state index contributed by atoms with van der Waals surface area (Å²) in [5.74, 6) is 3.09. The first-order valence-electron chi connectivity index (χ1n) is 10.6. The van der Waals surface area contributed by atoms with Gasteiger partial charge in [0.05, 0.1) is 18.8 Å². The Hall–Kier alpha value is -2.53. The van der Waals surface area contributed by atoms with Crippen LogP contribution in [0.2, 0.25) is 0 Å². The number of nitrogens with zero attached hydrogens (tertiary/aromatic N) is 2. The monoisotopic (exact) mass is 515 g/mol. The van der Waals surface area contributed by atoms with Gasteiger partial charge in [0, 0.05) is 21.8 Å². The molecule has 1 N–H and O–H groups in total. The zero-order valence-corrected chi connectivity index (χ0v) is 21.3. The second-order valence-electron chi connectivity index (χ2n) is 7.91. The number of hydrogen-bond donors (Lipinski definition) is 1. The molecular formula is C24H25N3O4S3. The highest BCUT2D eigenvalue weighted by atomic mass is 32.2. The number of nitrogens with one attached hydrogen (secondary N) is 1. The van der Waals surface area contributed by atoms with E-state index in [0.717, 1.165) is 29.6 Å². The van der Waals surface area contributed by atoms with Crippen LogP contribution in [0.5, 0.6) is 0 Å². The van der Waals surface area contributed by atoms with Gasteiger partial charge in [-0.1, -0.05) is 42.1 Å². The highest BCUT2D eigenvalue weighted by Crippen LogP contribution is 2.33. The molecule has 1 aliphatic rings. The van der Waals surface area contributed by atoms with Crippen molar-refractivity contribution < 1.29 is 17.6 Å². The topological polar surface area (TPSA) is 92.0 Å². The van der Waals surface area contributed by atoms with E-state index in [2.05, 4.69) is 14.6 Å². The molecule has 0 unspecified atom stereocenters. The molecule has 4 rings (SSSR count). The molecule has 178 valence electrons. The molecule has 0 bridgehead atoms. The molecule has 1 aromatic heterocycles. The van der Waals surface area contributed by atoms with Gasteiger partial charge < -0.3 is 9.32 Å². The SMILES string of the molecule is CN(C)Cc1ccc(CSCCN=C2NS(=O)(=O)c3cc(C(=O)c4ccccc4)ccc3S2)o1. The Morgan fingerprint density at radius 2 is 1.82 bits per heavy atom. The normalized spacial score (nSPS) is 15.8. The number of carbonyl (C=O) groups excluding carboxylic acids is 1. The number of ketones is 1. The van der Waals surface area contributed by atoms with E-state index >= 15 is 0 Å². The zero-order valence-electron chi connectivity index (χ0n) is 18.9. The Morgan fingerprint density at radius 1 is 1.06 bits per heavy atom. The molecule has 7 nitrogen and oxygen atoms in total. The third kappa shape index (κ3) is 6.12. The van der Waals surface area contributed by atoms with Gasteiger partial charge in [0.1, 0.15) is 16.4 Å². The summed E-state index contributed by atoms with van der Waals surface area (Å²) in [6.07, 6.45) is 0. The van der Waals surface area contributed by atoms with Crippen LogP contribution in [0.3, 0.4) is 0 Å². The average Bonchev–Trinajstić information content (AvgIpc) is 3.25. The fourth-order valence-corrected chi connectivity index (χ4v) is 6.69. The van der Waals surface area contributed by atoms with Gasteiger partial charge in [-0.3, -0.25) is 14.5 Å². The fraction of sp³-hybridized carbons (Fsp3) is 0.250. The van der Waals surface area contributed by atoms with Crippen molar-refractivity contribution in [3.63, 3.8) is 0 Å². The molecule has 10 heteroatoms. The van der Waals surface area contributed by atoms with Gasteiger partial charge in [0.2, 0.25) is 0 Å². The van der Waals surface area contributed by atoms with Crippen molar-refractivity contribution >= 4 is 44.5 Å². The van der Waals surface area contributed by atoms with Gasteiger partial charge in [-0.2, -0.15) is 11.8 Å². The second kappa shape index (κ2) is 10.8. The van der Waals surface area contributed by atoms with E-state index in [-0.39, 0.29) is 10.7 Å². The van der Waals surface area contributed by atoms with E-state index in [1.807, 2.05) is 32.3 Å². The minimum Gasteiger partial charge on any atom is -0.464 e. The molecule has 3 aromatic rings. The Balaban J connectivity index is 1.36. The molecule has 2 heterocycles. The molecule has 34 heavy (non-hydrogen) atoms. The molecule has 0 amide bonds. The summed E-state index contributed by atoms with van der Waals surface area (Å²) in [6, 6.07) is 17.5. The first-order chi connectivity index (χ1) is 16.3. The molecule has 2 aromatic carbocycles. The third-order valence-electron chi connectivity index (χ3n) is 4.88. The van der Waals surface area contributed by atoms with Gasteiger partial charge in [0.25, 0.3) is 10.0 Å². The van der Waals surface area contributed by atoms with Crippen LogP contribution in [0, 0.1) is 0 Å². The number of rotatable bonds is 9. The first kappa shape index (κ1) is 24.6. The summed E-state index contributed by atoms with van der Waals surface area (Å²) in [6.45, 7) is 1.24. The van der Waals surface area contributed by atoms with Gasteiger partial charge in [-0.25, -0.2) is 8.42 Å². The molecule has 0 fully saturated rings. The van der Waals surface area contributed by atoms with E-state index < -0.39 is 10.0 Å². The molecule has 0 radical (unpaired) electrons. The number of furan rings is 1. The largest absolute Gasteiger partial charge is 0.464 e. The maximum atomic E-state index is 12.8. The van der Waals surface area contributed by atoms with Crippen molar-refractivity contribution in [3.8, 4) is 0 Å². The van der Waals surface area contributed by atoms with Crippen LogP contribution in [-0.2, 0) is 22.3 Å². The average molecular weight is 516 g/mol. The molecular weight excluding hydrogens is 490 g/mol. The predicted octanol–water partition coefficient (Wildman–Crippen LogP) is 4.25. The number of aliphatic imine (C=N–C) groups is 1. The number of sulfonamides is 1. The Kier molecular flexibility index (Phi) is 7.82. The number of benzene rings is 2. The number of carbonyl (C=O) groups is 1. The highest BCUT2D eigenvalue weighted by molar-refractivity contribution is 8.16. The molecule has 1 aliphatic heterocycles. The maximum absolute atomic E-state index is 12.8. The van der Waals surface area contributed by atoms with Crippen LogP contribution in [0.25, 0.3) is 0 Å². The summed E-state index contributed by atoms with van der Waals surface area (Å²) in [7, 11) is 0.188. The lowest BCUT2D eigenvalue weighted by Gasteiger charge is -2.19. The predicted molar refractivity (Wildman–Crippen MR) is 137 cm³/mol.